The van der Waals surface area contributed by atoms with Gasteiger partial charge in [-0.15, -0.1) is 0 Å². The van der Waals surface area contributed by atoms with Crippen LogP contribution >= 0.6 is 11.6 Å². The van der Waals surface area contributed by atoms with E-state index in [1.54, 1.807) is 24.3 Å². The van der Waals surface area contributed by atoms with Gasteiger partial charge in [-0.3, -0.25) is 4.98 Å². The summed E-state index contributed by atoms with van der Waals surface area (Å²) in [6.07, 6.45) is -1.42. The number of fused-ring (bicyclic) bond motifs is 1. The Bertz CT molecular complexity index is 896. The van der Waals surface area contributed by atoms with E-state index in [1.165, 1.54) is 6.20 Å². The van der Waals surface area contributed by atoms with E-state index in [-0.39, 0.29) is 12.3 Å². The van der Waals surface area contributed by atoms with Crippen LogP contribution in [0.15, 0.2) is 34.9 Å². The molecule has 1 aromatic carbocycles. The van der Waals surface area contributed by atoms with E-state index in [0.29, 0.717) is 10.6 Å². The molecule has 2 aromatic heterocycles. The molecule has 2 heterocycles. The molecule has 23 heavy (non-hydrogen) atoms. The second kappa shape index (κ2) is 5.92. The van der Waals surface area contributed by atoms with E-state index < -0.39 is 23.8 Å². The van der Waals surface area contributed by atoms with Crippen molar-refractivity contribution in [2.75, 3.05) is 0 Å². The quantitative estimate of drug-likeness (QED) is 0.775. The van der Waals surface area contributed by atoms with E-state index in [2.05, 4.69) is 9.97 Å². The van der Waals surface area contributed by atoms with Gasteiger partial charge in [-0.2, -0.15) is 0 Å². The summed E-state index contributed by atoms with van der Waals surface area (Å²) in [6.45, 7) is 0. The lowest BCUT2D eigenvalue weighted by Crippen LogP contribution is -1.99. The Hall–Kier alpha value is -2.54. The van der Waals surface area contributed by atoms with Crippen LogP contribution in [-0.4, -0.2) is 21.0 Å². The number of pyridine rings is 1. The minimum absolute atomic E-state index is 0.0788. The maximum absolute atomic E-state index is 12.8. The predicted octanol–water partition coefficient (Wildman–Crippen LogP) is 4.10. The first kappa shape index (κ1) is 15.4. The van der Waals surface area contributed by atoms with Crippen LogP contribution in [0.25, 0.3) is 10.9 Å². The van der Waals surface area contributed by atoms with Crippen LogP contribution in [0.5, 0.6) is 0 Å². The maximum atomic E-state index is 12.8. The van der Waals surface area contributed by atoms with Gasteiger partial charge in [0.1, 0.15) is 0 Å². The number of carboxylic acid groups (broad SMARTS) is 1. The van der Waals surface area contributed by atoms with Gasteiger partial charge in [-0.25, -0.2) is 18.6 Å². The van der Waals surface area contributed by atoms with E-state index in [4.69, 9.17) is 21.1 Å². The smallest absolute Gasteiger partial charge is 0.374 e. The van der Waals surface area contributed by atoms with E-state index in [0.717, 1.165) is 10.9 Å². The van der Waals surface area contributed by atoms with Crippen LogP contribution in [0.4, 0.5) is 8.78 Å². The summed E-state index contributed by atoms with van der Waals surface area (Å²) < 4.78 is 30.5. The summed E-state index contributed by atoms with van der Waals surface area (Å²) in [5, 5.41) is 10.1. The first-order valence-electron chi connectivity index (χ1n) is 6.49. The molecule has 0 unspecified atom stereocenters. The van der Waals surface area contributed by atoms with Crippen LogP contribution in [-0.2, 0) is 6.42 Å². The number of carboxylic acids is 1. The number of aromatic nitrogens is 2. The van der Waals surface area contributed by atoms with Crippen molar-refractivity contribution in [1.82, 2.24) is 9.97 Å². The van der Waals surface area contributed by atoms with Crippen molar-refractivity contribution in [1.29, 1.82) is 0 Å². The zero-order chi connectivity index (χ0) is 16.6. The van der Waals surface area contributed by atoms with Crippen LogP contribution in [0.1, 0.15) is 34.1 Å². The molecule has 0 saturated heterocycles. The number of carbonyl (C=O) groups is 1. The van der Waals surface area contributed by atoms with Crippen LogP contribution in [0.3, 0.4) is 0 Å². The molecule has 0 spiro atoms. The number of hydrogen-bond acceptors (Lipinski definition) is 4. The Morgan fingerprint density at radius 2 is 2.13 bits per heavy atom. The number of rotatable bonds is 4. The Balaban J connectivity index is 1.95. The third-order valence-electron chi connectivity index (χ3n) is 3.17. The van der Waals surface area contributed by atoms with Crippen molar-refractivity contribution < 1.29 is 23.1 Å². The van der Waals surface area contributed by atoms with Crippen molar-refractivity contribution in [3.05, 3.63) is 58.4 Å². The molecule has 3 aromatic rings. The molecule has 0 amide bonds. The highest BCUT2D eigenvalue weighted by Crippen LogP contribution is 2.25. The molecule has 1 N–H and O–H groups in total. The second-order valence-electron chi connectivity index (χ2n) is 4.79. The summed E-state index contributed by atoms with van der Waals surface area (Å²) >= 11 is 5.88. The highest BCUT2D eigenvalue weighted by Gasteiger charge is 2.26. The van der Waals surface area contributed by atoms with Crippen molar-refractivity contribution in [3.8, 4) is 0 Å². The highest BCUT2D eigenvalue weighted by molar-refractivity contribution is 6.31. The standard InChI is InChI=1S/C15H9ClF2N2O3/c16-9-5-8-3-7(1-2-10(8)19-6-9)4-11-20-12(14(17)18)13(23-11)15(21)22/h1-3,5-6,14H,4H2,(H,21,22). The molecule has 0 aliphatic heterocycles. The molecule has 0 bridgehead atoms. The second-order valence-corrected chi connectivity index (χ2v) is 5.22. The number of nitrogens with zero attached hydrogens (tertiary/aromatic N) is 2. The van der Waals surface area contributed by atoms with Gasteiger partial charge in [0.2, 0.25) is 5.76 Å². The van der Waals surface area contributed by atoms with Crippen molar-refractivity contribution in [2.45, 2.75) is 12.8 Å². The van der Waals surface area contributed by atoms with Crippen LogP contribution < -0.4 is 0 Å². The summed E-state index contributed by atoms with van der Waals surface area (Å²) in [6, 6.07) is 6.96. The van der Waals surface area contributed by atoms with E-state index in [1.807, 2.05) is 0 Å². The monoisotopic (exact) mass is 338 g/mol. The molecule has 3 rings (SSSR count). The fourth-order valence-corrected chi connectivity index (χ4v) is 2.36. The minimum Gasteiger partial charge on any atom is -0.475 e. The van der Waals surface area contributed by atoms with Crippen molar-refractivity contribution in [3.63, 3.8) is 0 Å². The average molecular weight is 339 g/mol. The summed E-state index contributed by atoms with van der Waals surface area (Å²) in [5.74, 6) is -2.50. The van der Waals surface area contributed by atoms with Crippen LogP contribution in [0, 0.1) is 0 Å². The Kier molecular flexibility index (Phi) is 3.96. The third kappa shape index (κ3) is 3.14. The zero-order valence-electron chi connectivity index (χ0n) is 11.5. The molecule has 5 nitrogen and oxygen atoms in total. The lowest BCUT2D eigenvalue weighted by Gasteiger charge is -2.01. The maximum Gasteiger partial charge on any atom is 0.374 e. The van der Waals surface area contributed by atoms with Gasteiger partial charge < -0.3 is 9.52 Å². The normalized spacial score (nSPS) is 11.3. The molecule has 8 heteroatoms. The van der Waals surface area contributed by atoms with Crippen molar-refractivity contribution in [2.24, 2.45) is 0 Å². The van der Waals surface area contributed by atoms with E-state index in [9.17, 15) is 13.6 Å². The molecular formula is C15H9ClF2N2O3. The summed E-state index contributed by atoms with van der Waals surface area (Å²) in [4.78, 5) is 18.6. The van der Waals surface area contributed by atoms with E-state index >= 15 is 0 Å². The zero-order valence-corrected chi connectivity index (χ0v) is 12.2. The number of alkyl halides is 2. The number of oxazole rings is 1. The van der Waals surface area contributed by atoms with Crippen molar-refractivity contribution >= 4 is 28.5 Å². The Morgan fingerprint density at radius 1 is 1.35 bits per heavy atom. The lowest BCUT2D eigenvalue weighted by molar-refractivity contribution is 0.0644. The Labute approximate surface area is 133 Å². The predicted molar refractivity (Wildman–Crippen MR) is 78.0 cm³/mol. The molecule has 0 saturated carbocycles. The first-order chi connectivity index (χ1) is 10.9. The molecular weight excluding hydrogens is 330 g/mol. The van der Waals surface area contributed by atoms with Gasteiger partial charge in [0.25, 0.3) is 6.43 Å². The van der Waals surface area contributed by atoms with Gasteiger partial charge in [0.15, 0.2) is 11.6 Å². The van der Waals surface area contributed by atoms with Gasteiger partial charge in [0, 0.05) is 18.0 Å². The fourth-order valence-electron chi connectivity index (χ4n) is 2.19. The average Bonchev–Trinajstić information content (AvgIpc) is 2.91. The van der Waals surface area contributed by atoms with Gasteiger partial charge in [0.05, 0.1) is 10.5 Å². The molecule has 118 valence electrons. The minimum atomic E-state index is -3.02. The van der Waals surface area contributed by atoms with Gasteiger partial charge in [-0.1, -0.05) is 17.7 Å². The number of benzene rings is 1. The largest absolute Gasteiger partial charge is 0.475 e. The molecule has 0 aliphatic rings. The SMILES string of the molecule is O=C(O)c1oc(Cc2ccc3ncc(Cl)cc3c2)nc1C(F)F. The fraction of sp³-hybridized carbons (Fsp3) is 0.133. The lowest BCUT2D eigenvalue weighted by atomic mass is 10.1. The Morgan fingerprint density at radius 3 is 2.78 bits per heavy atom. The third-order valence-corrected chi connectivity index (χ3v) is 3.37. The van der Waals surface area contributed by atoms with Gasteiger partial charge >= 0.3 is 5.97 Å². The number of hydrogen-bond donors (Lipinski definition) is 1. The molecule has 0 aliphatic carbocycles. The summed E-state index contributed by atoms with van der Waals surface area (Å²) in [5.41, 5.74) is 0.573. The topological polar surface area (TPSA) is 76.2 Å². The van der Waals surface area contributed by atoms with Crippen LogP contribution in [0.2, 0.25) is 5.02 Å². The summed E-state index contributed by atoms with van der Waals surface area (Å²) in [7, 11) is 0. The first-order valence-corrected chi connectivity index (χ1v) is 6.87. The molecule has 0 atom stereocenters. The highest BCUT2D eigenvalue weighted by atomic mass is 35.5. The van der Waals surface area contributed by atoms with Gasteiger partial charge in [-0.05, 0) is 23.8 Å². The molecule has 0 fully saturated rings. The molecule has 0 radical (unpaired) electrons. The number of aromatic carboxylic acids is 1. The number of halogens is 3.